The molecular formula is C20H25N9O. The second-order valence-corrected chi connectivity index (χ2v) is 8.13. The normalized spacial score (nSPS) is 20.0. The van der Waals surface area contributed by atoms with Gasteiger partial charge in [0.25, 0.3) is 0 Å². The summed E-state index contributed by atoms with van der Waals surface area (Å²) in [5.41, 5.74) is 7.76. The monoisotopic (exact) mass is 407 g/mol. The van der Waals surface area contributed by atoms with E-state index in [1.807, 2.05) is 16.4 Å². The maximum Gasteiger partial charge on any atom is 0.242 e. The Kier molecular flexibility index (Phi) is 4.39. The molecule has 3 aromatic rings. The fourth-order valence-corrected chi connectivity index (χ4v) is 3.99. The van der Waals surface area contributed by atoms with E-state index in [4.69, 9.17) is 10.7 Å². The number of nitrogens with zero attached hydrogens (tertiary/aromatic N) is 7. The molecule has 5 rings (SSSR count). The SMILES string of the molecule is CCn1c(-c2cnc(C)nc2)nc2c(NC3CCN(C(=O)C4(N)CC4)C3)ncnc21. The first-order valence-electron chi connectivity index (χ1n) is 10.3. The molecule has 0 aromatic carbocycles. The van der Waals surface area contributed by atoms with E-state index in [0.717, 1.165) is 36.3 Å². The van der Waals surface area contributed by atoms with Crippen LogP contribution < -0.4 is 11.1 Å². The number of likely N-dealkylation sites (tertiary alicyclic amines) is 1. The molecule has 30 heavy (non-hydrogen) atoms. The Morgan fingerprint density at radius 3 is 2.73 bits per heavy atom. The lowest BCUT2D eigenvalue weighted by atomic mass is 10.2. The van der Waals surface area contributed by atoms with Gasteiger partial charge in [0.05, 0.1) is 11.1 Å². The van der Waals surface area contributed by atoms with E-state index in [2.05, 4.69) is 32.2 Å². The second kappa shape index (κ2) is 6.98. The maximum atomic E-state index is 12.5. The van der Waals surface area contributed by atoms with Gasteiger partial charge in [0.1, 0.15) is 18.0 Å². The van der Waals surface area contributed by atoms with Crippen LogP contribution in [0, 0.1) is 6.92 Å². The molecule has 2 aliphatic rings. The summed E-state index contributed by atoms with van der Waals surface area (Å²) in [5.74, 6) is 2.22. The number of amides is 1. The largest absolute Gasteiger partial charge is 0.364 e. The maximum absolute atomic E-state index is 12.5. The van der Waals surface area contributed by atoms with Gasteiger partial charge in [0.2, 0.25) is 5.91 Å². The van der Waals surface area contributed by atoms with Gasteiger partial charge < -0.3 is 20.5 Å². The highest BCUT2D eigenvalue weighted by atomic mass is 16.2. The quantitative estimate of drug-likeness (QED) is 0.644. The van der Waals surface area contributed by atoms with Crippen LogP contribution in [0.4, 0.5) is 5.82 Å². The molecule has 1 aliphatic heterocycles. The standard InChI is InChI=1S/C20H25N9O/c1-3-29-17(13-8-22-12(2)23-9-13)27-15-16(24-11-25-18(15)29)26-14-4-7-28(10-14)19(30)20(21)5-6-20/h8-9,11,14H,3-7,10,21H2,1-2H3,(H,24,25,26). The number of hydrogen-bond acceptors (Lipinski definition) is 8. The molecule has 0 bridgehead atoms. The van der Waals surface area contributed by atoms with Gasteiger partial charge in [-0.25, -0.2) is 24.9 Å². The fourth-order valence-electron chi connectivity index (χ4n) is 3.99. The van der Waals surface area contributed by atoms with Crippen LogP contribution in [0.1, 0.15) is 32.0 Å². The minimum absolute atomic E-state index is 0.0663. The lowest BCUT2D eigenvalue weighted by molar-refractivity contribution is -0.132. The van der Waals surface area contributed by atoms with Crippen molar-refractivity contribution in [3.63, 3.8) is 0 Å². The Morgan fingerprint density at radius 1 is 1.27 bits per heavy atom. The van der Waals surface area contributed by atoms with Crippen molar-refractivity contribution >= 4 is 22.9 Å². The number of rotatable bonds is 5. The van der Waals surface area contributed by atoms with Crippen LogP contribution in [-0.4, -0.2) is 65.0 Å². The summed E-state index contributed by atoms with van der Waals surface area (Å²) in [6.45, 7) is 5.94. The Balaban J connectivity index is 1.43. The highest BCUT2D eigenvalue weighted by Gasteiger charge is 2.49. The van der Waals surface area contributed by atoms with Crippen LogP contribution in [0.5, 0.6) is 0 Å². The van der Waals surface area contributed by atoms with Gasteiger partial charge in [-0.15, -0.1) is 0 Å². The van der Waals surface area contributed by atoms with E-state index in [1.165, 1.54) is 0 Å². The summed E-state index contributed by atoms with van der Waals surface area (Å²) in [5, 5.41) is 3.47. The number of hydrogen-bond donors (Lipinski definition) is 2. The van der Waals surface area contributed by atoms with Gasteiger partial charge in [-0.3, -0.25) is 4.79 Å². The molecule has 0 radical (unpaired) electrons. The summed E-state index contributed by atoms with van der Waals surface area (Å²) in [6, 6.07) is 0.104. The van der Waals surface area contributed by atoms with E-state index in [-0.39, 0.29) is 11.9 Å². The molecule has 3 aromatic heterocycles. The number of carbonyl (C=O) groups is 1. The molecule has 1 aliphatic carbocycles. The molecule has 1 atom stereocenters. The molecule has 1 saturated heterocycles. The number of aromatic nitrogens is 6. The highest BCUT2D eigenvalue weighted by Crippen LogP contribution is 2.35. The number of carbonyl (C=O) groups excluding carboxylic acids is 1. The van der Waals surface area contributed by atoms with Gasteiger partial charge in [-0.05, 0) is 33.1 Å². The molecular weight excluding hydrogens is 382 g/mol. The van der Waals surface area contributed by atoms with Crippen molar-refractivity contribution in [2.45, 2.75) is 51.2 Å². The van der Waals surface area contributed by atoms with Crippen LogP contribution >= 0.6 is 0 Å². The van der Waals surface area contributed by atoms with Crippen molar-refractivity contribution in [1.29, 1.82) is 0 Å². The van der Waals surface area contributed by atoms with Crippen LogP contribution in [0.2, 0.25) is 0 Å². The Labute approximate surface area is 174 Å². The molecule has 3 N–H and O–H groups in total. The average molecular weight is 407 g/mol. The first-order valence-corrected chi connectivity index (χ1v) is 10.3. The predicted molar refractivity (Wildman–Crippen MR) is 112 cm³/mol. The van der Waals surface area contributed by atoms with Crippen LogP contribution in [-0.2, 0) is 11.3 Å². The predicted octanol–water partition coefficient (Wildman–Crippen LogP) is 1.12. The molecule has 4 heterocycles. The molecule has 1 unspecified atom stereocenters. The van der Waals surface area contributed by atoms with Crippen LogP contribution in [0.3, 0.4) is 0 Å². The molecule has 10 heteroatoms. The average Bonchev–Trinajstić information content (AvgIpc) is 3.17. The molecule has 1 amide bonds. The van der Waals surface area contributed by atoms with E-state index in [0.29, 0.717) is 36.8 Å². The van der Waals surface area contributed by atoms with Crippen LogP contribution in [0.15, 0.2) is 18.7 Å². The summed E-state index contributed by atoms with van der Waals surface area (Å²) in [4.78, 5) is 36.7. The lowest BCUT2D eigenvalue weighted by Gasteiger charge is -2.20. The fraction of sp³-hybridized carbons (Fsp3) is 0.500. The van der Waals surface area contributed by atoms with Gasteiger partial charge in [-0.2, -0.15) is 0 Å². The number of nitrogens with two attached hydrogens (primary N) is 1. The lowest BCUT2D eigenvalue weighted by Crippen LogP contribution is -2.45. The molecule has 1 saturated carbocycles. The third-order valence-corrected chi connectivity index (χ3v) is 5.92. The van der Waals surface area contributed by atoms with Crippen molar-refractivity contribution in [3.05, 3.63) is 24.5 Å². The van der Waals surface area contributed by atoms with E-state index in [1.54, 1.807) is 18.7 Å². The third-order valence-electron chi connectivity index (χ3n) is 5.92. The summed E-state index contributed by atoms with van der Waals surface area (Å²) < 4.78 is 2.03. The van der Waals surface area contributed by atoms with Gasteiger partial charge >= 0.3 is 0 Å². The molecule has 2 fully saturated rings. The first-order chi connectivity index (χ1) is 14.5. The number of fused-ring (bicyclic) bond motifs is 1. The van der Waals surface area contributed by atoms with E-state index < -0.39 is 5.54 Å². The highest BCUT2D eigenvalue weighted by molar-refractivity contribution is 5.89. The third kappa shape index (κ3) is 3.17. The first kappa shape index (κ1) is 18.9. The number of anilines is 1. The minimum atomic E-state index is -0.623. The van der Waals surface area contributed by atoms with Crippen molar-refractivity contribution in [1.82, 2.24) is 34.4 Å². The molecule has 10 nitrogen and oxygen atoms in total. The van der Waals surface area contributed by atoms with Gasteiger partial charge in [0, 0.05) is 38.1 Å². The minimum Gasteiger partial charge on any atom is -0.364 e. The van der Waals surface area contributed by atoms with Gasteiger partial charge in [0.15, 0.2) is 17.0 Å². The molecule has 0 spiro atoms. The van der Waals surface area contributed by atoms with Gasteiger partial charge in [-0.1, -0.05) is 0 Å². The van der Waals surface area contributed by atoms with Crippen LogP contribution in [0.25, 0.3) is 22.6 Å². The van der Waals surface area contributed by atoms with E-state index in [9.17, 15) is 4.79 Å². The van der Waals surface area contributed by atoms with E-state index >= 15 is 0 Å². The number of aryl methyl sites for hydroxylation is 2. The topological polar surface area (TPSA) is 128 Å². The Bertz CT molecular complexity index is 1100. The summed E-state index contributed by atoms with van der Waals surface area (Å²) in [7, 11) is 0. The zero-order valence-corrected chi connectivity index (χ0v) is 17.2. The van der Waals surface area contributed by atoms with Crippen molar-refractivity contribution in [2.24, 2.45) is 5.73 Å². The van der Waals surface area contributed by atoms with Crippen molar-refractivity contribution in [3.8, 4) is 11.4 Å². The Morgan fingerprint density at radius 2 is 2.03 bits per heavy atom. The number of imidazole rings is 1. The van der Waals surface area contributed by atoms with Crippen molar-refractivity contribution < 1.29 is 4.79 Å². The summed E-state index contributed by atoms with van der Waals surface area (Å²) in [6.07, 6.45) is 7.51. The summed E-state index contributed by atoms with van der Waals surface area (Å²) >= 11 is 0. The molecule has 156 valence electrons. The Hall–Kier alpha value is -3.14. The number of nitrogens with one attached hydrogen (secondary N) is 1. The second-order valence-electron chi connectivity index (χ2n) is 8.13. The smallest absolute Gasteiger partial charge is 0.242 e. The zero-order valence-electron chi connectivity index (χ0n) is 17.2. The zero-order chi connectivity index (χ0) is 20.9. The van der Waals surface area contributed by atoms with Crippen molar-refractivity contribution in [2.75, 3.05) is 18.4 Å².